The van der Waals surface area contributed by atoms with Gasteiger partial charge in [-0.05, 0) is 36.2 Å². The van der Waals surface area contributed by atoms with Gasteiger partial charge in [-0.2, -0.15) is 4.31 Å². The van der Waals surface area contributed by atoms with E-state index in [0.717, 1.165) is 16.9 Å². The van der Waals surface area contributed by atoms with Gasteiger partial charge in [0.25, 0.3) is 0 Å². The van der Waals surface area contributed by atoms with E-state index < -0.39 is 10.0 Å². The van der Waals surface area contributed by atoms with Crippen molar-refractivity contribution in [1.82, 2.24) is 4.31 Å². The van der Waals surface area contributed by atoms with Crippen LogP contribution >= 0.6 is 22.9 Å². The van der Waals surface area contributed by atoms with Crippen molar-refractivity contribution >= 4 is 33.0 Å². The van der Waals surface area contributed by atoms with E-state index in [1.54, 1.807) is 25.2 Å². The smallest absolute Gasteiger partial charge is 0.207 e. The highest BCUT2D eigenvalue weighted by Crippen LogP contribution is 2.24. The average molecular weight is 330 g/mol. The maximum atomic E-state index is 12.4. The van der Waals surface area contributed by atoms with Gasteiger partial charge in [-0.3, -0.25) is 0 Å². The van der Waals surface area contributed by atoms with Gasteiger partial charge < -0.3 is 0 Å². The first-order valence-electron chi connectivity index (χ1n) is 6.23. The van der Waals surface area contributed by atoms with Gasteiger partial charge in [0.05, 0.1) is 9.23 Å². The maximum Gasteiger partial charge on any atom is 0.243 e. The molecule has 6 heteroatoms. The number of aryl methyl sites for hydroxylation is 1. The Morgan fingerprint density at radius 2 is 1.80 bits per heavy atom. The monoisotopic (exact) mass is 329 g/mol. The Balaban J connectivity index is 2.19. The van der Waals surface area contributed by atoms with Gasteiger partial charge in [0.2, 0.25) is 10.0 Å². The Labute approximate surface area is 128 Å². The summed E-state index contributed by atoms with van der Waals surface area (Å²) in [5.41, 5.74) is 1.12. The van der Waals surface area contributed by atoms with E-state index in [1.807, 2.05) is 25.1 Å². The second-order valence-corrected chi connectivity index (χ2v) is 8.31. The lowest BCUT2D eigenvalue weighted by Gasteiger charge is -2.16. The fourth-order valence-corrected chi connectivity index (χ4v) is 4.19. The van der Waals surface area contributed by atoms with Crippen LogP contribution in [0.15, 0.2) is 41.3 Å². The lowest BCUT2D eigenvalue weighted by molar-refractivity contribution is 0.469. The number of rotatable bonds is 5. The van der Waals surface area contributed by atoms with Crippen molar-refractivity contribution in [1.29, 1.82) is 0 Å². The third-order valence-corrected chi connectivity index (χ3v) is 6.08. The first-order valence-corrected chi connectivity index (χ1v) is 8.86. The molecule has 3 nitrogen and oxygen atoms in total. The summed E-state index contributed by atoms with van der Waals surface area (Å²) >= 11 is 7.25. The van der Waals surface area contributed by atoms with Gasteiger partial charge in [0.15, 0.2) is 0 Å². The van der Waals surface area contributed by atoms with Crippen LogP contribution in [-0.4, -0.2) is 19.8 Å². The summed E-state index contributed by atoms with van der Waals surface area (Å²) in [7, 11) is -1.88. The number of halogens is 1. The molecule has 0 aliphatic rings. The quantitative estimate of drug-likeness (QED) is 0.837. The number of sulfonamides is 1. The fraction of sp³-hybridized carbons (Fsp3) is 0.286. The molecular formula is C14H16ClNO2S2. The first-order chi connectivity index (χ1) is 9.43. The molecule has 2 rings (SSSR count). The van der Waals surface area contributed by atoms with Gasteiger partial charge in [-0.1, -0.05) is 30.7 Å². The van der Waals surface area contributed by atoms with E-state index in [4.69, 9.17) is 11.6 Å². The summed E-state index contributed by atoms with van der Waals surface area (Å²) in [6.45, 7) is 2.37. The van der Waals surface area contributed by atoms with Crippen molar-refractivity contribution in [3.63, 3.8) is 0 Å². The molecule has 20 heavy (non-hydrogen) atoms. The topological polar surface area (TPSA) is 37.4 Å². The standard InChI is InChI=1S/C14H16ClNO2S2/c1-3-11-4-7-13(8-5-11)20(17,18)16(2)10-12-6-9-14(15)19-12/h4-9H,3,10H2,1-2H3. The molecule has 1 aromatic carbocycles. The van der Waals surface area contributed by atoms with Crippen molar-refractivity contribution in [2.24, 2.45) is 0 Å². The molecule has 0 N–H and O–H groups in total. The Morgan fingerprint density at radius 1 is 1.15 bits per heavy atom. The molecule has 0 saturated heterocycles. The lowest BCUT2D eigenvalue weighted by atomic mass is 10.2. The Hall–Kier alpha value is -0.880. The van der Waals surface area contributed by atoms with Crippen LogP contribution < -0.4 is 0 Å². The van der Waals surface area contributed by atoms with E-state index in [0.29, 0.717) is 15.8 Å². The SMILES string of the molecule is CCc1ccc(S(=O)(=O)N(C)Cc2ccc(Cl)s2)cc1. The van der Waals surface area contributed by atoms with Crippen molar-refractivity contribution in [2.45, 2.75) is 24.8 Å². The summed E-state index contributed by atoms with van der Waals surface area (Å²) in [4.78, 5) is 1.24. The predicted octanol–water partition coefficient (Wildman–Crippen LogP) is 3.78. The number of nitrogens with zero attached hydrogens (tertiary/aromatic N) is 1. The third kappa shape index (κ3) is 3.41. The van der Waals surface area contributed by atoms with Crippen molar-refractivity contribution in [3.05, 3.63) is 51.2 Å². The van der Waals surface area contributed by atoms with Crippen molar-refractivity contribution in [3.8, 4) is 0 Å². The molecular weight excluding hydrogens is 314 g/mol. The molecule has 2 aromatic rings. The molecule has 1 heterocycles. The zero-order chi connectivity index (χ0) is 14.8. The van der Waals surface area contributed by atoms with Crippen LogP contribution in [0.2, 0.25) is 4.34 Å². The highest BCUT2D eigenvalue weighted by atomic mass is 35.5. The predicted molar refractivity (Wildman–Crippen MR) is 83.8 cm³/mol. The fourth-order valence-electron chi connectivity index (χ4n) is 1.82. The highest BCUT2D eigenvalue weighted by Gasteiger charge is 2.21. The largest absolute Gasteiger partial charge is 0.243 e. The highest BCUT2D eigenvalue weighted by molar-refractivity contribution is 7.89. The average Bonchev–Trinajstić information content (AvgIpc) is 2.84. The van der Waals surface area contributed by atoms with Gasteiger partial charge in [-0.25, -0.2) is 8.42 Å². The van der Waals surface area contributed by atoms with Crippen LogP contribution in [0.3, 0.4) is 0 Å². The van der Waals surface area contributed by atoms with E-state index in [2.05, 4.69) is 0 Å². The molecule has 0 bridgehead atoms. The minimum atomic E-state index is -3.46. The van der Waals surface area contributed by atoms with Crippen molar-refractivity contribution < 1.29 is 8.42 Å². The van der Waals surface area contributed by atoms with E-state index in [9.17, 15) is 8.42 Å². The van der Waals surface area contributed by atoms with Crippen LogP contribution in [0.5, 0.6) is 0 Å². The van der Waals surface area contributed by atoms with Crippen LogP contribution in [0.25, 0.3) is 0 Å². The molecule has 0 amide bonds. The summed E-state index contributed by atoms with van der Waals surface area (Å²) in [6.07, 6.45) is 0.893. The number of benzene rings is 1. The number of thiophene rings is 1. The molecule has 0 aliphatic heterocycles. The van der Waals surface area contributed by atoms with Crippen LogP contribution in [0.1, 0.15) is 17.4 Å². The Morgan fingerprint density at radius 3 is 2.30 bits per heavy atom. The first kappa shape index (κ1) is 15.5. The zero-order valence-corrected chi connectivity index (χ0v) is 13.7. The van der Waals surface area contributed by atoms with Gasteiger partial charge in [0, 0.05) is 18.5 Å². The summed E-state index contributed by atoms with van der Waals surface area (Å²) in [6, 6.07) is 10.6. The van der Waals surface area contributed by atoms with Gasteiger partial charge >= 0.3 is 0 Å². The summed E-state index contributed by atoms with van der Waals surface area (Å²) in [5, 5.41) is 0. The minimum Gasteiger partial charge on any atom is -0.207 e. The minimum absolute atomic E-state index is 0.319. The lowest BCUT2D eigenvalue weighted by Crippen LogP contribution is -2.26. The normalized spacial score (nSPS) is 12.0. The molecule has 0 unspecified atom stereocenters. The molecule has 1 aromatic heterocycles. The second-order valence-electron chi connectivity index (χ2n) is 4.46. The summed E-state index contributed by atoms with van der Waals surface area (Å²) in [5.74, 6) is 0. The van der Waals surface area contributed by atoms with Crippen LogP contribution in [-0.2, 0) is 23.0 Å². The van der Waals surface area contributed by atoms with E-state index in [1.165, 1.54) is 15.6 Å². The van der Waals surface area contributed by atoms with Crippen molar-refractivity contribution in [2.75, 3.05) is 7.05 Å². The zero-order valence-electron chi connectivity index (χ0n) is 11.3. The molecule has 0 fully saturated rings. The molecule has 0 spiro atoms. The van der Waals surface area contributed by atoms with Crippen LogP contribution in [0, 0.1) is 0 Å². The number of hydrogen-bond donors (Lipinski definition) is 0. The molecule has 0 radical (unpaired) electrons. The molecule has 108 valence electrons. The van der Waals surface area contributed by atoms with E-state index in [-0.39, 0.29) is 0 Å². The molecule has 0 saturated carbocycles. The second kappa shape index (κ2) is 6.26. The maximum absolute atomic E-state index is 12.4. The van der Waals surface area contributed by atoms with Crippen LogP contribution in [0.4, 0.5) is 0 Å². The third-order valence-electron chi connectivity index (χ3n) is 3.05. The Bertz CT molecular complexity index is 677. The van der Waals surface area contributed by atoms with Gasteiger partial charge in [-0.15, -0.1) is 11.3 Å². The Kier molecular flexibility index (Phi) is 4.86. The van der Waals surface area contributed by atoms with Gasteiger partial charge in [0.1, 0.15) is 0 Å². The molecule has 0 aliphatic carbocycles. The number of hydrogen-bond acceptors (Lipinski definition) is 3. The molecule has 0 atom stereocenters. The van der Waals surface area contributed by atoms with E-state index >= 15 is 0 Å². The summed E-state index contributed by atoms with van der Waals surface area (Å²) < 4.78 is 26.9.